The van der Waals surface area contributed by atoms with E-state index < -0.39 is 5.82 Å². The Kier molecular flexibility index (Phi) is 4.77. The number of hydrogen-bond donors (Lipinski definition) is 1. The van der Waals surface area contributed by atoms with Gasteiger partial charge in [0, 0.05) is 21.8 Å². The maximum atomic E-state index is 13.0. The largest absolute Gasteiger partial charge is 0.322 e. The van der Waals surface area contributed by atoms with E-state index in [4.69, 9.17) is 23.2 Å². The Morgan fingerprint density at radius 1 is 1.15 bits per heavy atom. The number of carbonyl (C=O) groups is 1. The first kappa shape index (κ1) is 14.6. The molecule has 0 saturated heterocycles. The van der Waals surface area contributed by atoms with E-state index >= 15 is 0 Å². The maximum absolute atomic E-state index is 13.0. The smallest absolute Gasteiger partial charge is 0.248 e. The molecule has 2 rings (SSSR count). The highest BCUT2D eigenvalue weighted by atomic mass is 35.5. The van der Waals surface area contributed by atoms with E-state index in [0.717, 1.165) is 0 Å². The van der Waals surface area contributed by atoms with Gasteiger partial charge >= 0.3 is 0 Å². The van der Waals surface area contributed by atoms with Gasteiger partial charge in [0.25, 0.3) is 0 Å². The van der Waals surface area contributed by atoms with Crippen LogP contribution in [0.1, 0.15) is 5.56 Å². The molecule has 0 aliphatic rings. The van der Waals surface area contributed by atoms with Crippen molar-refractivity contribution in [3.8, 4) is 0 Å². The van der Waals surface area contributed by atoms with Crippen molar-refractivity contribution in [1.29, 1.82) is 0 Å². The van der Waals surface area contributed by atoms with Crippen LogP contribution in [0, 0.1) is 5.82 Å². The molecule has 0 spiro atoms. The van der Waals surface area contributed by atoms with Gasteiger partial charge in [-0.05, 0) is 42.0 Å². The molecule has 5 heteroatoms. The van der Waals surface area contributed by atoms with Gasteiger partial charge in [0.1, 0.15) is 5.82 Å². The van der Waals surface area contributed by atoms with Gasteiger partial charge in [-0.25, -0.2) is 4.39 Å². The fraction of sp³-hybridized carbons (Fsp3) is 0. The highest BCUT2D eigenvalue weighted by molar-refractivity contribution is 6.35. The van der Waals surface area contributed by atoms with E-state index in [1.54, 1.807) is 30.3 Å². The predicted octanol–water partition coefficient (Wildman–Crippen LogP) is 4.78. The summed E-state index contributed by atoms with van der Waals surface area (Å²) in [6, 6.07) is 10.6. The van der Waals surface area contributed by atoms with Gasteiger partial charge in [0.05, 0.1) is 0 Å². The molecule has 2 aromatic carbocycles. The minimum absolute atomic E-state index is 0.374. The molecular formula is C15H10Cl2FNO. The van der Waals surface area contributed by atoms with E-state index in [1.165, 1.54) is 24.3 Å². The van der Waals surface area contributed by atoms with Crippen LogP contribution >= 0.6 is 23.2 Å². The Bertz CT molecular complexity index is 671. The number of anilines is 1. The molecule has 0 bridgehead atoms. The number of benzene rings is 2. The van der Waals surface area contributed by atoms with Crippen LogP contribution in [0.5, 0.6) is 0 Å². The Morgan fingerprint density at radius 2 is 1.95 bits per heavy atom. The lowest BCUT2D eigenvalue weighted by Crippen LogP contribution is -2.07. The minimum atomic E-state index is -0.410. The standard InChI is InChI=1S/C15H10Cl2FNO/c16-11-6-4-10(14(17)8-11)5-7-15(20)19-13-3-1-2-12(18)9-13/h1-9H,(H,19,20). The minimum Gasteiger partial charge on any atom is -0.322 e. The van der Waals surface area contributed by atoms with Gasteiger partial charge in [0.15, 0.2) is 0 Å². The average Bonchev–Trinajstić information content (AvgIpc) is 2.37. The van der Waals surface area contributed by atoms with Crippen LogP contribution in [0.25, 0.3) is 6.08 Å². The van der Waals surface area contributed by atoms with Crippen molar-refractivity contribution >= 4 is 40.9 Å². The summed E-state index contributed by atoms with van der Waals surface area (Å²) in [6.45, 7) is 0. The number of halogens is 3. The summed E-state index contributed by atoms with van der Waals surface area (Å²) < 4.78 is 13.0. The van der Waals surface area contributed by atoms with E-state index in [9.17, 15) is 9.18 Å². The molecule has 0 aromatic heterocycles. The van der Waals surface area contributed by atoms with Crippen LogP contribution in [-0.2, 0) is 4.79 Å². The second kappa shape index (κ2) is 6.55. The van der Waals surface area contributed by atoms with Crippen LogP contribution in [-0.4, -0.2) is 5.91 Å². The summed E-state index contributed by atoms with van der Waals surface area (Å²) in [5.74, 6) is -0.783. The number of amides is 1. The van der Waals surface area contributed by atoms with Crippen molar-refractivity contribution in [1.82, 2.24) is 0 Å². The first-order valence-corrected chi connectivity index (χ1v) is 6.50. The van der Waals surface area contributed by atoms with Crippen molar-refractivity contribution in [2.24, 2.45) is 0 Å². The third kappa shape index (κ3) is 4.08. The molecule has 0 radical (unpaired) electrons. The summed E-state index contributed by atoms with van der Waals surface area (Å²) in [4.78, 5) is 11.7. The van der Waals surface area contributed by atoms with Gasteiger partial charge in [-0.1, -0.05) is 35.3 Å². The lowest BCUT2D eigenvalue weighted by molar-refractivity contribution is -0.111. The Morgan fingerprint density at radius 3 is 2.65 bits per heavy atom. The summed E-state index contributed by atoms with van der Waals surface area (Å²) in [7, 11) is 0. The molecule has 102 valence electrons. The molecule has 2 nitrogen and oxygen atoms in total. The molecule has 0 saturated carbocycles. The third-order valence-electron chi connectivity index (χ3n) is 2.47. The van der Waals surface area contributed by atoms with Crippen LogP contribution in [0.4, 0.5) is 10.1 Å². The fourth-order valence-electron chi connectivity index (χ4n) is 1.55. The fourth-order valence-corrected chi connectivity index (χ4v) is 2.02. The number of nitrogens with one attached hydrogen (secondary N) is 1. The molecule has 20 heavy (non-hydrogen) atoms. The summed E-state index contributed by atoms with van der Waals surface area (Å²) in [5, 5.41) is 3.52. The lowest BCUT2D eigenvalue weighted by Gasteiger charge is -2.02. The molecule has 0 aliphatic carbocycles. The quantitative estimate of drug-likeness (QED) is 0.812. The Hall–Kier alpha value is -1.84. The second-order valence-electron chi connectivity index (χ2n) is 4.00. The summed E-state index contributed by atoms with van der Waals surface area (Å²) in [5.41, 5.74) is 1.06. The van der Waals surface area contributed by atoms with E-state index in [2.05, 4.69) is 5.32 Å². The molecule has 0 aliphatic heterocycles. The van der Waals surface area contributed by atoms with Crippen molar-refractivity contribution in [3.05, 3.63) is 70.0 Å². The molecule has 0 unspecified atom stereocenters. The van der Waals surface area contributed by atoms with Gasteiger partial charge in [0.2, 0.25) is 5.91 Å². The third-order valence-corrected chi connectivity index (χ3v) is 3.03. The molecule has 1 N–H and O–H groups in total. The van der Waals surface area contributed by atoms with Crippen LogP contribution < -0.4 is 5.32 Å². The van der Waals surface area contributed by atoms with E-state index in [0.29, 0.717) is 21.3 Å². The number of hydrogen-bond acceptors (Lipinski definition) is 1. The van der Waals surface area contributed by atoms with Crippen molar-refractivity contribution in [2.75, 3.05) is 5.32 Å². The molecule has 2 aromatic rings. The van der Waals surface area contributed by atoms with Gasteiger partial charge in [-0.15, -0.1) is 0 Å². The average molecular weight is 310 g/mol. The lowest BCUT2D eigenvalue weighted by atomic mass is 10.2. The maximum Gasteiger partial charge on any atom is 0.248 e. The SMILES string of the molecule is O=C(C=Cc1ccc(Cl)cc1Cl)Nc1cccc(F)c1. The monoisotopic (exact) mass is 309 g/mol. The van der Waals surface area contributed by atoms with Crippen LogP contribution in [0.15, 0.2) is 48.5 Å². The van der Waals surface area contributed by atoms with Crippen LogP contribution in [0.2, 0.25) is 10.0 Å². The highest BCUT2D eigenvalue weighted by Gasteiger charge is 2.01. The Labute approximate surface area is 125 Å². The zero-order valence-electron chi connectivity index (χ0n) is 10.2. The van der Waals surface area contributed by atoms with Crippen molar-refractivity contribution in [3.63, 3.8) is 0 Å². The predicted molar refractivity (Wildman–Crippen MR) is 80.5 cm³/mol. The zero-order valence-corrected chi connectivity index (χ0v) is 11.8. The molecule has 0 atom stereocenters. The summed E-state index contributed by atoms with van der Waals surface area (Å²) in [6.07, 6.45) is 2.88. The van der Waals surface area contributed by atoms with Crippen molar-refractivity contribution < 1.29 is 9.18 Å². The van der Waals surface area contributed by atoms with Gasteiger partial charge < -0.3 is 5.32 Å². The molecule has 1 amide bonds. The van der Waals surface area contributed by atoms with Gasteiger partial charge in [-0.2, -0.15) is 0 Å². The molecular weight excluding hydrogens is 300 g/mol. The van der Waals surface area contributed by atoms with Crippen molar-refractivity contribution in [2.45, 2.75) is 0 Å². The number of carbonyl (C=O) groups excluding carboxylic acids is 1. The first-order chi connectivity index (χ1) is 9.54. The topological polar surface area (TPSA) is 29.1 Å². The molecule has 0 heterocycles. The van der Waals surface area contributed by atoms with E-state index in [1.807, 2.05) is 0 Å². The Balaban J connectivity index is 2.06. The second-order valence-corrected chi connectivity index (χ2v) is 4.84. The first-order valence-electron chi connectivity index (χ1n) is 5.74. The highest BCUT2D eigenvalue weighted by Crippen LogP contribution is 2.22. The van der Waals surface area contributed by atoms with Crippen LogP contribution in [0.3, 0.4) is 0 Å². The number of rotatable bonds is 3. The zero-order chi connectivity index (χ0) is 14.5. The molecule has 0 fully saturated rings. The normalized spacial score (nSPS) is 10.8. The van der Waals surface area contributed by atoms with Gasteiger partial charge in [-0.3, -0.25) is 4.79 Å². The van der Waals surface area contributed by atoms with E-state index in [-0.39, 0.29) is 5.91 Å². The summed E-state index contributed by atoms with van der Waals surface area (Å²) >= 11 is 11.8.